The zero-order valence-electron chi connectivity index (χ0n) is 29.8. The average molecular weight is 683 g/mol. The molecule has 2 N–H and O–H groups in total. The van der Waals surface area contributed by atoms with Crippen molar-refractivity contribution in [3.05, 3.63) is 208 Å². The Bertz CT molecular complexity index is 2600. The maximum Gasteiger partial charge on any atom is 0.0704 e. The van der Waals surface area contributed by atoms with Gasteiger partial charge in [-0.15, -0.1) is 0 Å². The predicted octanol–water partition coefficient (Wildman–Crippen LogP) is 10.9. The lowest BCUT2D eigenvalue weighted by Gasteiger charge is -2.35. The second-order valence-electron chi connectivity index (χ2n) is 14.9. The van der Waals surface area contributed by atoms with Crippen LogP contribution in [0, 0.1) is 11.8 Å². The van der Waals surface area contributed by atoms with Crippen molar-refractivity contribution < 1.29 is 0 Å². The summed E-state index contributed by atoms with van der Waals surface area (Å²) in [6.45, 7) is 0. The third-order valence-electron chi connectivity index (χ3n) is 11.7. The molecule has 0 bridgehead atoms. The molecule has 2 heteroatoms. The number of nitrogens with one attached hydrogen (secondary N) is 2. The first kappa shape index (κ1) is 31.6. The van der Waals surface area contributed by atoms with Gasteiger partial charge in [0.1, 0.15) is 0 Å². The van der Waals surface area contributed by atoms with Gasteiger partial charge in [-0.25, -0.2) is 0 Å². The molecule has 4 aliphatic rings. The van der Waals surface area contributed by atoms with E-state index in [1.54, 1.807) is 0 Å². The van der Waals surface area contributed by atoms with Crippen molar-refractivity contribution in [2.45, 2.75) is 31.2 Å². The fourth-order valence-corrected chi connectivity index (χ4v) is 9.08. The molecule has 6 aromatic rings. The third-order valence-corrected chi connectivity index (χ3v) is 11.7. The van der Waals surface area contributed by atoms with Crippen molar-refractivity contribution >= 4 is 39.9 Å². The molecule has 0 saturated heterocycles. The van der Waals surface area contributed by atoms with E-state index in [-0.39, 0.29) is 6.04 Å². The Kier molecular flexibility index (Phi) is 8.02. The molecule has 0 spiro atoms. The van der Waals surface area contributed by atoms with Gasteiger partial charge in [0.05, 0.1) is 6.04 Å². The molecule has 0 radical (unpaired) electrons. The topological polar surface area (TPSA) is 24.1 Å². The van der Waals surface area contributed by atoms with E-state index in [4.69, 9.17) is 0 Å². The van der Waals surface area contributed by atoms with Crippen LogP contribution in [-0.2, 0) is 6.42 Å². The smallest absolute Gasteiger partial charge is 0.0704 e. The highest BCUT2D eigenvalue weighted by atomic mass is 14.9. The van der Waals surface area contributed by atoms with E-state index in [0.29, 0.717) is 17.8 Å². The molecule has 4 unspecified atom stereocenters. The van der Waals surface area contributed by atoms with Crippen LogP contribution in [0.5, 0.6) is 0 Å². The number of dihydropyridines is 1. The second-order valence-corrected chi connectivity index (χ2v) is 14.9. The summed E-state index contributed by atoms with van der Waals surface area (Å²) in [5.41, 5.74) is 12.8. The number of rotatable bonds is 6. The molecule has 2 nitrogen and oxygen atoms in total. The summed E-state index contributed by atoms with van der Waals surface area (Å²) < 4.78 is 0. The van der Waals surface area contributed by atoms with Gasteiger partial charge in [-0.3, -0.25) is 0 Å². The van der Waals surface area contributed by atoms with E-state index in [1.165, 1.54) is 72.3 Å². The summed E-state index contributed by atoms with van der Waals surface area (Å²) in [6.07, 6.45) is 22.1. The summed E-state index contributed by atoms with van der Waals surface area (Å²) >= 11 is 0. The molecule has 256 valence electrons. The van der Waals surface area contributed by atoms with E-state index >= 15 is 0 Å². The Balaban J connectivity index is 0.978. The quantitative estimate of drug-likeness (QED) is 0.183. The zero-order chi connectivity index (χ0) is 35.1. The van der Waals surface area contributed by atoms with E-state index in [1.807, 2.05) is 0 Å². The standard InChI is InChI=1S/C51H42N2/c1-2-12-34(13-3-1)41-32-49(53-50(33-41)40-23-22-35-14-4-5-16-38(35)30-40)37-24-27-42(28-25-37)52-48-21-11-10-20-45(48)47-31-39-17-7-8-18-43(39)46-29-26-36-15-6-9-19-44(36)51(46)47/h1-22,24-25,27-28,30-33,36,40,44,49,52-53H,23,26,29H2. The van der Waals surface area contributed by atoms with Crippen molar-refractivity contribution in [3.8, 4) is 11.1 Å². The molecule has 10 rings (SSSR count). The van der Waals surface area contributed by atoms with Crippen LogP contribution in [0.15, 0.2) is 176 Å². The highest BCUT2D eigenvalue weighted by molar-refractivity contribution is 5.96. The minimum atomic E-state index is 0.0618. The molecule has 53 heavy (non-hydrogen) atoms. The van der Waals surface area contributed by atoms with E-state index in [0.717, 1.165) is 24.2 Å². The monoisotopic (exact) mass is 682 g/mol. The molecule has 1 aliphatic heterocycles. The number of benzene rings is 6. The van der Waals surface area contributed by atoms with E-state index in [9.17, 15) is 0 Å². The fraction of sp³-hybridized carbons (Fsp3) is 0.137. The first-order valence-corrected chi connectivity index (χ1v) is 19.1. The minimum Gasteiger partial charge on any atom is -0.377 e. The van der Waals surface area contributed by atoms with Crippen LogP contribution < -0.4 is 21.1 Å². The number of anilines is 2. The molecular weight excluding hydrogens is 641 g/mol. The zero-order valence-corrected chi connectivity index (χ0v) is 29.8. The minimum absolute atomic E-state index is 0.0618. The first-order valence-electron chi connectivity index (χ1n) is 19.1. The fourth-order valence-electron chi connectivity index (χ4n) is 9.08. The Morgan fingerprint density at radius 3 is 2.34 bits per heavy atom. The molecule has 3 aliphatic carbocycles. The van der Waals surface area contributed by atoms with Crippen LogP contribution in [0.4, 0.5) is 11.4 Å². The number of para-hydroxylation sites is 1. The van der Waals surface area contributed by atoms with E-state index < -0.39 is 0 Å². The van der Waals surface area contributed by atoms with Crippen LogP contribution in [0.3, 0.4) is 0 Å². The summed E-state index contributed by atoms with van der Waals surface area (Å²) in [4.78, 5) is 0. The van der Waals surface area contributed by atoms with Gasteiger partial charge >= 0.3 is 0 Å². The van der Waals surface area contributed by atoms with Gasteiger partial charge in [-0.05, 0) is 116 Å². The van der Waals surface area contributed by atoms with Crippen molar-refractivity contribution in [1.29, 1.82) is 0 Å². The van der Waals surface area contributed by atoms with Crippen LogP contribution in [0.2, 0.25) is 0 Å². The average Bonchev–Trinajstić information content (AvgIpc) is 3.23. The maximum atomic E-state index is 3.94. The highest BCUT2D eigenvalue weighted by Gasteiger charge is 2.31. The molecule has 0 aromatic heterocycles. The number of allylic oxidation sites excluding steroid dienone is 7. The largest absolute Gasteiger partial charge is 0.377 e. The van der Waals surface area contributed by atoms with Crippen LogP contribution >= 0.6 is 0 Å². The van der Waals surface area contributed by atoms with Gasteiger partial charge in [-0.1, -0.05) is 146 Å². The summed E-state index contributed by atoms with van der Waals surface area (Å²) in [5.74, 6) is 1.24. The molecule has 4 atom stereocenters. The lowest BCUT2D eigenvalue weighted by molar-refractivity contribution is 0.502. The van der Waals surface area contributed by atoms with Gasteiger partial charge in [0.15, 0.2) is 0 Å². The molecule has 1 heterocycles. The van der Waals surface area contributed by atoms with Crippen LogP contribution in [-0.4, -0.2) is 0 Å². The predicted molar refractivity (Wildman–Crippen MR) is 223 cm³/mol. The third kappa shape index (κ3) is 5.95. The second kappa shape index (κ2) is 13.5. The number of hydrogen-bond acceptors (Lipinski definition) is 2. The number of aryl methyl sites for hydroxylation is 1. The van der Waals surface area contributed by atoms with Gasteiger partial charge in [0.25, 0.3) is 0 Å². The molecule has 0 saturated carbocycles. The van der Waals surface area contributed by atoms with Crippen molar-refractivity contribution in [3.63, 3.8) is 0 Å². The molecular formula is C51H42N2. The Morgan fingerprint density at radius 1 is 0.660 bits per heavy atom. The number of fused-ring (bicyclic) bond motifs is 6. The molecule has 0 amide bonds. The Labute approximate surface area is 311 Å². The molecule has 6 aromatic carbocycles. The van der Waals surface area contributed by atoms with Gasteiger partial charge in [-0.2, -0.15) is 0 Å². The lowest BCUT2D eigenvalue weighted by atomic mass is 9.69. The Morgan fingerprint density at radius 2 is 1.43 bits per heavy atom. The van der Waals surface area contributed by atoms with Crippen LogP contribution in [0.25, 0.3) is 39.6 Å². The maximum absolute atomic E-state index is 3.94. The summed E-state index contributed by atoms with van der Waals surface area (Å²) in [6, 6.07) is 48.8. The highest BCUT2D eigenvalue weighted by Crippen LogP contribution is 2.48. The van der Waals surface area contributed by atoms with E-state index in [2.05, 4.69) is 193 Å². The first-order chi connectivity index (χ1) is 26.2. The number of hydrogen-bond donors (Lipinski definition) is 2. The lowest BCUT2D eigenvalue weighted by Crippen LogP contribution is -2.33. The van der Waals surface area contributed by atoms with Crippen LogP contribution in [0.1, 0.15) is 47.1 Å². The normalized spacial score (nSPS) is 21.1. The van der Waals surface area contributed by atoms with Gasteiger partial charge in [0.2, 0.25) is 0 Å². The van der Waals surface area contributed by atoms with Gasteiger partial charge < -0.3 is 10.6 Å². The van der Waals surface area contributed by atoms with Crippen molar-refractivity contribution in [2.75, 3.05) is 5.32 Å². The SMILES string of the molecule is C1=CC2CCc3c(c(-c4ccccc4Nc4ccc(C5C=C(c6ccccc6)C=C(C6C=c7ccccc7=CC6)N5)cc4)cc4ccccc34)C2C=C1. The summed E-state index contributed by atoms with van der Waals surface area (Å²) in [7, 11) is 0. The summed E-state index contributed by atoms with van der Waals surface area (Å²) in [5, 5.41) is 13.1. The van der Waals surface area contributed by atoms with Gasteiger partial charge in [0, 0.05) is 34.5 Å². The Hall–Kier alpha value is -6.12. The molecule has 0 fully saturated rings. The van der Waals surface area contributed by atoms with Crippen molar-refractivity contribution in [1.82, 2.24) is 5.32 Å². The van der Waals surface area contributed by atoms with Crippen molar-refractivity contribution in [2.24, 2.45) is 11.8 Å².